The van der Waals surface area contributed by atoms with Crippen LogP contribution in [0.15, 0.2) is 48.5 Å². The van der Waals surface area contributed by atoms with Gasteiger partial charge in [-0.25, -0.2) is 4.68 Å². The standard InChI is InChI=1S/C21H21N3OS/c1-13-9-10-17(14(2)11-13)20-19-15(3)23-24(16-7-5-4-6-8-16)21(19)22-18(25)12-26-20/h4-11,20H,12H2,1-3H3,(H,22,25)/t20-/m1/s1. The average molecular weight is 363 g/mol. The number of rotatable bonds is 2. The Labute approximate surface area is 157 Å². The summed E-state index contributed by atoms with van der Waals surface area (Å²) in [4.78, 5) is 12.4. The summed E-state index contributed by atoms with van der Waals surface area (Å²) in [6, 6.07) is 16.5. The molecule has 1 atom stereocenters. The normalized spacial score (nSPS) is 16.7. The van der Waals surface area contributed by atoms with E-state index in [9.17, 15) is 4.79 Å². The SMILES string of the molecule is Cc1ccc([C@H]2SCC(=O)Nc3c2c(C)nn3-c2ccccc2)c(C)c1. The van der Waals surface area contributed by atoms with E-state index < -0.39 is 0 Å². The molecule has 4 rings (SSSR count). The first-order valence-corrected chi connectivity index (χ1v) is 9.73. The molecule has 1 aliphatic heterocycles. The minimum absolute atomic E-state index is 0.0144. The third kappa shape index (κ3) is 2.92. The summed E-state index contributed by atoms with van der Waals surface area (Å²) in [5, 5.41) is 7.92. The van der Waals surface area contributed by atoms with E-state index in [-0.39, 0.29) is 11.2 Å². The molecule has 0 bridgehead atoms. The number of aromatic nitrogens is 2. The predicted molar refractivity (Wildman–Crippen MR) is 107 cm³/mol. The molecule has 0 saturated heterocycles. The molecule has 0 radical (unpaired) electrons. The summed E-state index contributed by atoms with van der Waals surface area (Å²) in [6.07, 6.45) is 0. The zero-order valence-corrected chi connectivity index (χ0v) is 15.9. The highest BCUT2D eigenvalue weighted by atomic mass is 32.2. The van der Waals surface area contributed by atoms with Crippen LogP contribution in [-0.2, 0) is 4.79 Å². The summed E-state index contributed by atoms with van der Waals surface area (Å²) in [5.41, 5.74) is 6.73. The molecule has 132 valence electrons. The molecule has 1 aromatic heterocycles. The van der Waals surface area contributed by atoms with Crippen molar-refractivity contribution in [2.45, 2.75) is 26.0 Å². The molecule has 2 heterocycles. The van der Waals surface area contributed by atoms with Crippen LogP contribution in [0.25, 0.3) is 5.69 Å². The van der Waals surface area contributed by atoms with Crippen LogP contribution in [0.5, 0.6) is 0 Å². The molecule has 26 heavy (non-hydrogen) atoms. The fraction of sp³-hybridized carbons (Fsp3) is 0.238. The van der Waals surface area contributed by atoms with Gasteiger partial charge in [-0.15, -0.1) is 11.8 Å². The zero-order valence-electron chi connectivity index (χ0n) is 15.1. The van der Waals surface area contributed by atoms with E-state index in [2.05, 4.69) is 37.4 Å². The summed E-state index contributed by atoms with van der Waals surface area (Å²) < 4.78 is 1.85. The maximum absolute atomic E-state index is 12.4. The molecule has 0 fully saturated rings. The number of anilines is 1. The lowest BCUT2D eigenvalue weighted by atomic mass is 9.98. The quantitative estimate of drug-likeness (QED) is 0.725. The Morgan fingerprint density at radius 3 is 2.62 bits per heavy atom. The number of hydrogen-bond acceptors (Lipinski definition) is 3. The minimum Gasteiger partial charge on any atom is -0.310 e. The first kappa shape index (κ1) is 16.9. The molecular weight excluding hydrogens is 342 g/mol. The van der Waals surface area contributed by atoms with Gasteiger partial charge in [-0.1, -0.05) is 42.0 Å². The largest absolute Gasteiger partial charge is 0.310 e. The topological polar surface area (TPSA) is 46.9 Å². The molecule has 2 aromatic carbocycles. The second-order valence-electron chi connectivity index (χ2n) is 6.69. The molecule has 0 aliphatic carbocycles. The molecule has 3 aromatic rings. The molecule has 1 aliphatic rings. The van der Waals surface area contributed by atoms with Crippen molar-refractivity contribution in [2.75, 3.05) is 11.1 Å². The van der Waals surface area contributed by atoms with Gasteiger partial charge in [0.15, 0.2) is 0 Å². The van der Waals surface area contributed by atoms with E-state index in [1.165, 1.54) is 16.7 Å². The maximum Gasteiger partial charge on any atom is 0.235 e. The second kappa shape index (κ2) is 6.65. The predicted octanol–water partition coefficient (Wildman–Crippen LogP) is 4.57. The number of hydrogen-bond donors (Lipinski definition) is 1. The summed E-state index contributed by atoms with van der Waals surface area (Å²) in [6.45, 7) is 6.26. The third-order valence-corrected chi connectivity index (χ3v) is 5.97. The monoisotopic (exact) mass is 363 g/mol. The Morgan fingerprint density at radius 1 is 1.12 bits per heavy atom. The molecule has 1 amide bonds. The van der Waals surface area contributed by atoms with Crippen molar-refractivity contribution in [3.05, 3.63) is 76.5 Å². The molecule has 0 unspecified atom stereocenters. The van der Waals surface area contributed by atoms with Crippen LogP contribution in [0.1, 0.15) is 33.2 Å². The molecule has 1 N–H and O–H groups in total. The molecule has 0 saturated carbocycles. The van der Waals surface area contributed by atoms with Crippen molar-refractivity contribution < 1.29 is 4.79 Å². The summed E-state index contributed by atoms with van der Waals surface area (Å²) in [5.74, 6) is 1.23. The number of benzene rings is 2. The lowest BCUT2D eigenvalue weighted by Crippen LogP contribution is -2.15. The van der Waals surface area contributed by atoms with Gasteiger partial charge in [0.1, 0.15) is 5.82 Å². The Bertz CT molecular complexity index is 978. The minimum atomic E-state index is 0.0144. The first-order chi connectivity index (χ1) is 12.5. The van der Waals surface area contributed by atoms with Gasteiger partial charge >= 0.3 is 0 Å². The molecule has 4 nitrogen and oxygen atoms in total. The smallest absolute Gasteiger partial charge is 0.235 e. The van der Waals surface area contributed by atoms with E-state index in [0.29, 0.717) is 5.75 Å². The average Bonchev–Trinajstić information content (AvgIpc) is 2.83. The Morgan fingerprint density at radius 2 is 1.88 bits per heavy atom. The maximum atomic E-state index is 12.4. The third-order valence-electron chi connectivity index (χ3n) is 4.72. The number of carbonyl (C=O) groups is 1. The van der Waals surface area contributed by atoms with E-state index in [1.54, 1.807) is 11.8 Å². The molecule has 0 spiro atoms. The van der Waals surface area contributed by atoms with Crippen LogP contribution in [0.3, 0.4) is 0 Å². The van der Waals surface area contributed by atoms with Gasteiger partial charge < -0.3 is 5.32 Å². The zero-order chi connectivity index (χ0) is 18.3. The lowest BCUT2D eigenvalue weighted by molar-refractivity contribution is -0.113. The van der Waals surface area contributed by atoms with Crippen LogP contribution in [-0.4, -0.2) is 21.4 Å². The highest BCUT2D eigenvalue weighted by molar-refractivity contribution is 8.00. The van der Waals surface area contributed by atoms with Gasteiger partial charge in [-0.2, -0.15) is 5.10 Å². The van der Waals surface area contributed by atoms with E-state index >= 15 is 0 Å². The number of nitrogens with one attached hydrogen (secondary N) is 1. The number of amides is 1. The highest BCUT2D eigenvalue weighted by Crippen LogP contribution is 2.44. The van der Waals surface area contributed by atoms with Crippen LogP contribution in [0.2, 0.25) is 0 Å². The van der Waals surface area contributed by atoms with Gasteiger partial charge in [0, 0.05) is 5.56 Å². The van der Waals surface area contributed by atoms with Gasteiger partial charge in [0.2, 0.25) is 5.91 Å². The van der Waals surface area contributed by atoms with Crippen LogP contribution >= 0.6 is 11.8 Å². The van der Waals surface area contributed by atoms with Gasteiger partial charge in [0.25, 0.3) is 0 Å². The number of fused-ring (bicyclic) bond motifs is 1. The first-order valence-electron chi connectivity index (χ1n) is 8.68. The number of para-hydroxylation sites is 1. The Kier molecular flexibility index (Phi) is 4.32. The number of thioether (sulfide) groups is 1. The fourth-order valence-electron chi connectivity index (χ4n) is 3.51. The van der Waals surface area contributed by atoms with E-state index in [4.69, 9.17) is 5.10 Å². The van der Waals surface area contributed by atoms with Gasteiger partial charge in [-0.05, 0) is 44.0 Å². The highest BCUT2D eigenvalue weighted by Gasteiger charge is 2.31. The van der Waals surface area contributed by atoms with Crippen LogP contribution < -0.4 is 5.32 Å². The second-order valence-corrected chi connectivity index (χ2v) is 7.79. The summed E-state index contributed by atoms with van der Waals surface area (Å²) >= 11 is 1.67. The Hall–Kier alpha value is -2.53. The van der Waals surface area contributed by atoms with Crippen LogP contribution in [0.4, 0.5) is 5.82 Å². The fourth-order valence-corrected chi connectivity index (χ4v) is 4.79. The van der Waals surface area contributed by atoms with E-state index in [0.717, 1.165) is 22.8 Å². The molecule has 5 heteroatoms. The lowest BCUT2D eigenvalue weighted by Gasteiger charge is -2.18. The van der Waals surface area contributed by atoms with E-state index in [1.807, 2.05) is 41.9 Å². The molecular formula is C21H21N3OS. The van der Waals surface area contributed by atoms with Gasteiger partial charge in [0.05, 0.1) is 22.4 Å². The van der Waals surface area contributed by atoms with Gasteiger partial charge in [-0.3, -0.25) is 4.79 Å². The number of aryl methyl sites for hydroxylation is 3. The van der Waals surface area contributed by atoms with Crippen molar-refractivity contribution in [3.63, 3.8) is 0 Å². The number of carbonyl (C=O) groups excluding carboxylic acids is 1. The van der Waals surface area contributed by atoms with Crippen molar-refractivity contribution in [3.8, 4) is 5.69 Å². The summed E-state index contributed by atoms with van der Waals surface area (Å²) in [7, 11) is 0. The number of nitrogens with zero attached hydrogens (tertiary/aromatic N) is 2. The Balaban J connectivity index is 1.91. The van der Waals surface area contributed by atoms with Crippen molar-refractivity contribution >= 4 is 23.5 Å². The van der Waals surface area contributed by atoms with Crippen molar-refractivity contribution in [1.29, 1.82) is 0 Å². The van der Waals surface area contributed by atoms with Crippen LogP contribution in [0, 0.1) is 20.8 Å². The van der Waals surface area contributed by atoms with Crippen molar-refractivity contribution in [2.24, 2.45) is 0 Å². The van der Waals surface area contributed by atoms with Crippen molar-refractivity contribution in [1.82, 2.24) is 9.78 Å².